The summed E-state index contributed by atoms with van der Waals surface area (Å²) in [5.41, 5.74) is 2.58. The Morgan fingerprint density at radius 2 is 1.77 bits per heavy atom. The van der Waals surface area contributed by atoms with Crippen LogP contribution >= 0.6 is 0 Å². The van der Waals surface area contributed by atoms with Gasteiger partial charge in [0.05, 0.1) is 12.2 Å². The molecule has 0 atom stereocenters. The molecule has 0 saturated heterocycles. The Balaban J connectivity index is 1.84. The number of para-hydroxylation sites is 1. The molecule has 1 aromatic heterocycles. The summed E-state index contributed by atoms with van der Waals surface area (Å²) in [6.45, 7) is 7.49. The minimum atomic E-state index is -3.38. The highest BCUT2D eigenvalue weighted by Gasteiger charge is 2.15. The average molecular weight is 379 g/mol. The number of aromatic nitrogens is 2. The van der Waals surface area contributed by atoms with E-state index in [0.29, 0.717) is 12.2 Å². The van der Waals surface area contributed by atoms with Crippen LogP contribution in [0.1, 0.15) is 50.2 Å². The van der Waals surface area contributed by atoms with Gasteiger partial charge in [-0.2, -0.15) is 0 Å². The summed E-state index contributed by atoms with van der Waals surface area (Å²) in [7, 11) is -3.38. The molecular weight excluding hydrogens is 346 g/mol. The zero-order valence-electron chi connectivity index (χ0n) is 16.2. The predicted molar refractivity (Wildman–Crippen MR) is 107 cm³/mol. The fourth-order valence-corrected chi connectivity index (χ4v) is 4.20. The number of rotatable bonds is 11. The van der Waals surface area contributed by atoms with Crippen molar-refractivity contribution in [2.75, 3.05) is 10.5 Å². The van der Waals surface area contributed by atoms with Gasteiger partial charge in [-0.25, -0.2) is 17.6 Å². The van der Waals surface area contributed by atoms with Crippen molar-refractivity contribution in [2.24, 2.45) is 0 Å². The summed E-state index contributed by atoms with van der Waals surface area (Å²) in [6, 6.07) is 5.77. The summed E-state index contributed by atoms with van der Waals surface area (Å²) < 4.78 is 31.7. The van der Waals surface area contributed by atoms with Gasteiger partial charge < -0.3 is 0 Å². The van der Waals surface area contributed by atoms with Gasteiger partial charge in [-0.3, -0.25) is 4.72 Å². The Hall–Kier alpha value is -1.82. The molecule has 1 N–H and O–H groups in total. The number of sulfonamides is 1. The number of benzene rings is 1. The Bertz CT molecular complexity index is 777. The monoisotopic (exact) mass is 378 g/mol. The number of nitrogens with one attached hydrogen (secondary N) is 1. The van der Waals surface area contributed by atoms with Gasteiger partial charge in [-0.1, -0.05) is 44.4 Å². The van der Waals surface area contributed by atoms with Crippen LogP contribution in [0.2, 0.25) is 0 Å². The van der Waals surface area contributed by atoms with E-state index in [1.165, 1.54) is 32.1 Å². The second-order valence-electron chi connectivity index (χ2n) is 6.99. The van der Waals surface area contributed by atoms with E-state index in [-0.39, 0.29) is 5.75 Å². The Kier molecular flexibility index (Phi) is 7.69. The molecule has 26 heavy (non-hydrogen) atoms. The van der Waals surface area contributed by atoms with Crippen LogP contribution < -0.4 is 9.29 Å². The zero-order valence-corrected chi connectivity index (χ0v) is 17.1. The maximum Gasteiger partial charge on any atom is 0.243 e. The van der Waals surface area contributed by atoms with Crippen molar-refractivity contribution in [1.29, 1.82) is 0 Å². The second-order valence-corrected chi connectivity index (χ2v) is 8.83. The van der Waals surface area contributed by atoms with Gasteiger partial charge >= 0.3 is 0 Å². The summed E-state index contributed by atoms with van der Waals surface area (Å²) in [5.74, 6) is 0.0615. The van der Waals surface area contributed by atoms with Gasteiger partial charge in [-0.05, 0) is 37.8 Å². The molecule has 0 unspecified atom stereocenters. The number of imidazole rings is 1. The van der Waals surface area contributed by atoms with Gasteiger partial charge in [-0.15, -0.1) is 0 Å². The third-order valence-corrected chi connectivity index (χ3v) is 5.86. The summed E-state index contributed by atoms with van der Waals surface area (Å²) in [4.78, 5) is 0. The van der Waals surface area contributed by atoms with Crippen LogP contribution in [-0.2, 0) is 23.1 Å². The summed E-state index contributed by atoms with van der Waals surface area (Å²) >= 11 is 0. The summed E-state index contributed by atoms with van der Waals surface area (Å²) in [5, 5.41) is 0. The van der Waals surface area contributed by atoms with Gasteiger partial charge in [0.2, 0.25) is 16.4 Å². The molecule has 0 aliphatic carbocycles. The molecule has 1 heterocycles. The zero-order chi connectivity index (χ0) is 19.0. The van der Waals surface area contributed by atoms with Gasteiger partial charge in [0.15, 0.2) is 0 Å². The van der Waals surface area contributed by atoms with Crippen LogP contribution in [0.3, 0.4) is 0 Å². The molecule has 0 fully saturated rings. The Morgan fingerprint density at radius 1 is 1.08 bits per heavy atom. The van der Waals surface area contributed by atoms with E-state index in [0.717, 1.165) is 17.7 Å². The van der Waals surface area contributed by atoms with Crippen molar-refractivity contribution in [3.05, 3.63) is 48.0 Å². The highest BCUT2D eigenvalue weighted by Crippen LogP contribution is 2.20. The number of hydrogen-bond donors (Lipinski definition) is 1. The van der Waals surface area contributed by atoms with Crippen molar-refractivity contribution in [1.82, 2.24) is 4.57 Å². The fourth-order valence-electron chi connectivity index (χ4n) is 3.01. The number of hydrogen-bond acceptors (Lipinski definition) is 2. The molecule has 2 rings (SSSR count). The van der Waals surface area contributed by atoms with Crippen LogP contribution in [0.4, 0.5) is 5.69 Å². The molecule has 0 saturated carbocycles. The van der Waals surface area contributed by atoms with E-state index in [1.807, 2.05) is 55.3 Å². The van der Waals surface area contributed by atoms with Crippen LogP contribution in [0.15, 0.2) is 36.9 Å². The molecule has 0 radical (unpaired) electrons. The average Bonchev–Trinajstić information content (AvgIpc) is 3.04. The molecule has 0 aliphatic rings. The number of anilines is 1. The lowest BCUT2D eigenvalue weighted by Gasteiger charge is -2.12. The topological polar surface area (TPSA) is 55.0 Å². The van der Waals surface area contributed by atoms with Crippen LogP contribution in [0.25, 0.3) is 0 Å². The first kappa shape index (κ1) is 20.5. The van der Waals surface area contributed by atoms with E-state index in [2.05, 4.69) is 16.2 Å². The van der Waals surface area contributed by atoms with Crippen LogP contribution in [0, 0.1) is 13.8 Å². The maximum atomic E-state index is 12.4. The smallest absolute Gasteiger partial charge is 0.243 e. The molecule has 2 aromatic rings. The van der Waals surface area contributed by atoms with E-state index in [9.17, 15) is 8.42 Å². The van der Waals surface area contributed by atoms with Gasteiger partial charge in [0, 0.05) is 0 Å². The fraction of sp³-hybridized carbons (Fsp3) is 0.550. The van der Waals surface area contributed by atoms with Crippen molar-refractivity contribution in [3.8, 4) is 0 Å². The summed E-state index contributed by atoms with van der Waals surface area (Å²) in [6.07, 6.45) is 12.2. The van der Waals surface area contributed by atoms with E-state index >= 15 is 0 Å². The third-order valence-electron chi connectivity index (χ3n) is 4.62. The van der Waals surface area contributed by atoms with Gasteiger partial charge in [0.25, 0.3) is 0 Å². The lowest BCUT2D eigenvalue weighted by Crippen LogP contribution is -2.31. The molecule has 6 heteroatoms. The SMILES string of the molecule is CCCCCCC[n+]1ccn(CCS(=O)(=O)Nc2c(C)cccc2C)c1. The predicted octanol–water partition coefficient (Wildman–Crippen LogP) is 3.80. The van der Waals surface area contributed by atoms with E-state index < -0.39 is 10.0 Å². The molecular formula is C20H32N3O2S+. The molecule has 5 nitrogen and oxygen atoms in total. The minimum absolute atomic E-state index is 0.0615. The van der Waals surface area contributed by atoms with Crippen molar-refractivity contribution < 1.29 is 13.0 Å². The quantitative estimate of drug-likeness (QED) is 0.477. The Morgan fingerprint density at radius 3 is 2.46 bits per heavy atom. The Labute approximate surface area is 158 Å². The number of nitrogens with zero attached hydrogens (tertiary/aromatic N) is 2. The minimum Gasteiger partial charge on any atom is -0.283 e. The molecule has 0 spiro atoms. The normalized spacial score (nSPS) is 11.7. The van der Waals surface area contributed by atoms with Crippen molar-refractivity contribution >= 4 is 15.7 Å². The lowest BCUT2D eigenvalue weighted by atomic mass is 10.1. The van der Waals surface area contributed by atoms with E-state index in [1.54, 1.807) is 0 Å². The molecule has 144 valence electrons. The standard InChI is InChI=1S/C20H32N3O2S/c1-4-5-6-7-8-12-22-13-14-23(17-22)15-16-26(24,25)21-20-18(2)10-9-11-19(20)3/h9-11,13-14,17,21H,4-8,12,15-16H2,1-3H3/q+1. The van der Waals surface area contributed by atoms with Gasteiger partial charge in [0.1, 0.15) is 24.7 Å². The van der Waals surface area contributed by atoms with Crippen LogP contribution in [-0.4, -0.2) is 18.7 Å². The largest absolute Gasteiger partial charge is 0.283 e. The van der Waals surface area contributed by atoms with Crippen LogP contribution in [0.5, 0.6) is 0 Å². The first-order valence-corrected chi connectivity index (χ1v) is 11.2. The number of aryl methyl sites for hydroxylation is 4. The number of unbranched alkanes of at least 4 members (excludes halogenated alkanes) is 4. The van der Waals surface area contributed by atoms with Crippen molar-refractivity contribution in [2.45, 2.75) is 66.0 Å². The van der Waals surface area contributed by atoms with E-state index in [4.69, 9.17) is 0 Å². The first-order valence-electron chi connectivity index (χ1n) is 9.53. The van der Waals surface area contributed by atoms with Crippen molar-refractivity contribution in [3.63, 3.8) is 0 Å². The molecule has 0 bridgehead atoms. The first-order chi connectivity index (χ1) is 12.4. The molecule has 0 aliphatic heterocycles. The second kappa shape index (κ2) is 9.76. The highest BCUT2D eigenvalue weighted by atomic mass is 32.2. The highest BCUT2D eigenvalue weighted by molar-refractivity contribution is 7.92. The third kappa shape index (κ3) is 6.48. The lowest BCUT2D eigenvalue weighted by molar-refractivity contribution is -0.696. The maximum absolute atomic E-state index is 12.4. The molecule has 0 amide bonds. The molecule has 1 aromatic carbocycles.